The third-order valence-electron chi connectivity index (χ3n) is 5.91. The Hall–Kier alpha value is -2.68. The molecule has 0 unspecified atom stereocenters. The summed E-state index contributed by atoms with van der Waals surface area (Å²) in [4.78, 5) is 0. The van der Waals surface area contributed by atoms with Gasteiger partial charge < -0.3 is 4.74 Å². The van der Waals surface area contributed by atoms with Gasteiger partial charge in [0.2, 0.25) is 0 Å². The topological polar surface area (TPSA) is 9.23 Å². The maximum absolute atomic E-state index is 12.3. The van der Waals surface area contributed by atoms with Crippen molar-refractivity contribution in [2.75, 3.05) is 0 Å². The lowest BCUT2D eigenvalue weighted by atomic mass is 9.99. The van der Waals surface area contributed by atoms with Gasteiger partial charge in [0.15, 0.2) is 0 Å². The number of alkyl halides is 2. The summed E-state index contributed by atoms with van der Waals surface area (Å²) in [7, 11) is 0. The first-order valence-corrected chi connectivity index (χ1v) is 11.9. The van der Waals surface area contributed by atoms with Crippen molar-refractivity contribution in [3.8, 4) is 16.9 Å². The van der Waals surface area contributed by atoms with Gasteiger partial charge >= 0.3 is 6.61 Å². The highest BCUT2D eigenvalue weighted by Gasteiger charge is 2.05. The van der Waals surface area contributed by atoms with E-state index in [0.717, 1.165) is 24.0 Å². The molecule has 0 heterocycles. The molecule has 0 aliphatic heterocycles. The number of hydrogen-bond acceptors (Lipinski definition) is 1. The molecule has 0 bridgehead atoms. The van der Waals surface area contributed by atoms with Gasteiger partial charge in [-0.15, -0.1) is 0 Å². The molecule has 0 saturated heterocycles. The van der Waals surface area contributed by atoms with E-state index >= 15 is 0 Å². The molecule has 0 aliphatic rings. The quantitative estimate of drug-likeness (QED) is 0.244. The molecular formula is C29H34F2O. The van der Waals surface area contributed by atoms with Gasteiger partial charge in [0, 0.05) is 0 Å². The normalized spacial score (nSPS) is 11.1. The molecule has 3 heteroatoms. The molecule has 3 aromatic carbocycles. The van der Waals surface area contributed by atoms with E-state index < -0.39 is 6.61 Å². The van der Waals surface area contributed by atoms with Gasteiger partial charge in [-0.05, 0) is 65.6 Å². The Labute approximate surface area is 191 Å². The lowest BCUT2D eigenvalue weighted by molar-refractivity contribution is -0.0498. The van der Waals surface area contributed by atoms with Crippen molar-refractivity contribution < 1.29 is 13.5 Å². The molecule has 1 nitrogen and oxygen atoms in total. The average Bonchev–Trinajstić information content (AvgIpc) is 2.81. The fourth-order valence-electron chi connectivity index (χ4n) is 3.96. The maximum atomic E-state index is 12.3. The Kier molecular flexibility index (Phi) is 9.74. The molecule has 0 amide bonds. The van der Waals surface area contributed by atoms with Crippen LogP contribution >= 0.6 is 0 Å². The van der Waals surface area contributed by atoms with Crippen molar-refractivity contribution in [1.29, 1.82) is 0 Å². The molecule has 3 aromatic rings. The van der Waals surface area contributed by atoms with E-state index in [2.05, 4.69) is 60.2 Å². The van der Waals surface area contributed by atoms with E-state index in [4.69, 9.17) is 0 Å². The van der Waals surface area contributed by atoms with Gasteiger partial charge in [0.25, 0.3) is 0 Å². The highest BCUT2D eigenvalue weighted by atomic mass is 19.3. The van der Waals surface area contributed by atoms with Crippen LogP contribution in [0.25, 0.3) is 11.1 Å². The highest BCUT2D eigenvalue weighted by Crippen LogP contribution is 2.24. The third kappa shape index (κ3) is 8.11. The van der Waals surface area contributed by atoms with Crippen molar-refractivity contribution in [3.63, 3.8) is 0 Å². The smallest absolute Gasteiger partial charge is 0.387 e. The Morgan fingerprint density at radius 2 is 1.00 bits per heavy atom. The Bertz CT molecular complexity index is 899. The third-order valence-corrected chi connectivity index (χ3v) is 5.91. The Morgan fingerprint density at radius 1 is 0.562 bits per heavy atom. The predicted octanol–water partition coefficient (Wildman–Crippen LogP) is 8.64. The van der Waals surface area contributed by atoms with E-state index in [-0.39, 0.29) is 5.75 Å². The number of rotatable bonds is 13. The van der Waals surface area contributed by atoms with Crippen LogP contribution in [0.5, 0.6) is 5.75 Å². The molecule has 0 radical (unpaired) electrons. The Morgan fingerprint density at radius 3 is 1.53 bits per heavy atom. The van der Waals surface area contributed by atoms with Crippen LogP contribution in [0, 0.1) is 0 Å². The first-order chi connectivity index (χ1) is 15.6. The summed E-state index contributed by atoms with van der Waals surface area (Å²) in [6.07, 6.45) is 11.2. The zero-order valence-corrected chi connectivity index (χ0v) is 19.0. The van der Waals surface area contributed by atoms with Crippen LogP contribution in [-0.2, 0) is 19.3 Å². The first-order valence-electron chi connectivity index (χ1n) is 11.9. The van der Waals surface area contributed by atoms with Gasteiger partial charge in [-0.2, -0.15) is 8.78 Å². The number of unbranched alkanes of at least 4 members (excludes halogenated alkanes) is 5. The molecule has 0 atom stereocenters. The van der Waals surface area contributed by atoms with E-state index in [0.29, 0.717) is 0 Å². The van der Waals surface area contributed by atoms with Gasteiger partial charge in [0.05, 0.1) is 0 Å². The molecular weight excluding hydrogens is 402 g/mol. The summed E-state index contributed by atoms with van der Waals surface area (Å²) in [5, 5.41) is 0. The number of hydrogen-bond donors (Lipinski definition) is 0. The lowest BCUT2D eigenvalue weighted by Gasteiger charge is -2.08. The van der Waals surface area contributed by atoms with Gasteiger partial charge in [-0.1, -0.05) is 99.7 Å². The fraction of sp³-hybridized carbons (Fsp3) is 0.379. The van der Waals surface area contributed by atoms with Crippen molar-refractivity contribution in [2.45, 2.75) is 71.3 Å². The van der Waals surface area contributed by atoms with Gasteiger partial charge in [-0.3, -0.25) is 0 Å². The molecule has 3 rings (SSSR count). The minimum Gasteiger partial charge on any atom is -0.435 e. The minimum atomic E-state index is -2.79. The first kappa shape index (κ1) is 24.0. The molecule has 170 valence electrons. The predicted molar refractivity (Wildman–Crippen MR) is 129 cm³/mol. The number of aryl methyl sites for hydroxylation is 3. The molecule has 32 heavy (non-hydrogen) atoms. The summed E-state index contributed by atoms with van der Waals surface area (Å²) < 4.78 is 29.0. The molecule has 0 N–H and O–H groups in total. The lowest BCUT2D eigenvalue weighted by Crippen LogP contribution is -2.01. The van der Waals surface area contributed by atoms with Gasteiger partial charge in [-0.25, -0.2) is 0 Å². The minimum absolute atomic E-state index is 0.179. The summed E-state index contributed by atoms with van der Waals surface area (Å²) in [5.41, 5.74) is 6.16. The Balaban J connectivity index is 1.44. The van der Waals surface area contributed by atoms with E-state index in [9.17, 15) is 8.78 Å². The number of benzene rings is 3. The van der Waals surface area contributed by atoms with Crippen LogP contribution in [0.2, 0.25) is 0 Å². The van der Waals surface area contributed by atoms with Crippen LogP contribution in [0.4, 0.5) is 8.78 Å². The van der Waals surface area contributed by atoms with Crippen LogP contribution in [0.1, 0.15) is 62.1 Å². The largest absolute Gasteiger partial charge is 0.435 e. The van der Waals surface area contributed by atoms with Gasteiger partial charge in [0.1, 0.15) is 5.75 Å². The van der Waals surface area contributed by atoms with Crippen LogP contribution < -0.4 is 4.74 Å². The van der Waals surface area contributed by atoms with E-state index in [1.54, 1.807) is 24.3 Å². The van der Waals surface area contributed by atoms with Crippen LogP contribution in [-0.4, -0.2) is 6.61 Å². The molecule has 0 fully saturated rings. The fourth-order valence-corrected chi connectivity index (χ4v) is 3.96. The number of ether oxygens (including phenoxy) is 1. The monoisotopic (exact) mass is 436 g/mol. The van der Waals surface area contributed by atoms with Crippen LogP contribution in [0.3, 0.4) is 0 Å². The van der Waals surface area contributed by atoms with Crippen molar-refractivity contribution in [1.82, 2.24) is 0 Å². The second-order valence-corrected chi connectivity index (χ2v) is 8.43. The zero-order valence-electron chi connectivity index (χ0n) is 19.0. The molecule has 0 spiro atoms. The number of halogens is 2. The highest BCUT2D eigenvalue weighted by molar-refractivity contribution is 5.64. The average molecular weight is 437 g/mol. The van der Waals surface area contributed by atoms with E-state index in [1.165, 1.54) is 61.6 Å². The molecule has 0 saturated carbocycles. The van der Waals surface area contributed by atoms with E-state index in [1.807, 2.05) is 0 Å². The van der Waals surface area contributed by atoms with Crippen LogP contribution in [0.15, 0.2) is 72.8 Å². The standard InChI is InChI=1S/C29H34F2O/c1-2-3-4-5-6-7-8-23-9-11-24(12-10-23)13-14-25-15-17-26(18-16-25)27-19-21-28(22-20-27)32-29(30)31/h9-12,15-22,29H,2-8,13-14H2,1H3. The zero-order chi connectivity index (χ0) is 22.6. The summed E-state index contributed by atoms with van der Waals surface area (Å²) in [6.45, 7) is -0.536. The van der Waals surface area contributed by atoms with Crippen molar-refractivity contribution in [2.24, 2.45) is 0 Å². The SMILES string of the molecule is CCCCCCCCc1ccc(CCc2ccc(-c3ccc(OC(F)F)cc3)cc2)cc1. The van der Waals surface area contributed by atoms with Crippen molar-refractivity contribution >= 4 is 0 Å². The molecule has 0 aromatic heterocycles. The summed E-state index contributed by atoms with van der Waals surface area (Å²) >= 11 is 0. The second kappa shape index (κ2) is 13.0. The molecule has 0 aliphatic carbocycles. The summed E-state index contributed by atoms with van der Waals surface area (Å²) in [6, 6.07) is 24.3. The second-order valence-electron chi connectivity index (χ2n) is 8.43. The van der Waals surface area contributed by atoms with Crippen molar-refractivity contribution in [3.05, 3.63) is 89.5 Å². The summed E-state index contributed by atoms with van der Waals surface area (Å²) in [5.74, 6) is 0.179. The maximum Gasteiger partial charge on any atom is 0.387 e.